The summed E-state index contributed by atoms with van der Waals surface area (Å²) >= 11 is 5.94. The van der Waals surface area contributed by atoms with Gasteiger partial charge in [0.05, 0.1) is 5.69 Å². The number of nitrogens with zero attached hydrogens (tertiary/aromatic N) is 2. The van der Waals surface area contributed by atoms with Gasteiger partial charge in [0.2, 0.25) is 0 Å². The van der Waals surface area contributed by atoms with Crippen molar-refractivity contribution in [2.75, 3.05) is 13.1 Å². The van der Waals surface area contributed by atoms with E-state index in [4.69, 9.17) is 16.3 Å². The van der Waals surface area contributed by atoms with Crippen molar-refractivity contribution >= 4 is 23.6 Å². The zero-order chi connectivity index (χ0) is 23.3. The summed E-state index contributed by atoms with van der Waals surface area (Å²) in [6.45, 7) is 9.27. The van der Waals surface area contributed by atoms with E-state index < -0.39 is 0 Å². The molecule has 7 heteroatoms. The smallest absolute Gasteiger partial charge is 0.408 e. The standard InChI is InChI=1S/C25H32ClN3O3/c1-16(2)15-22(28-24(30)20-5-7-21(26)8-6-20)19-10-13-29(14-11-19)25(31)32-23-17(3)9-12-27-18(23)4/h5-9,12,16,19,22H,10-11,13-15H2,1-4H3,(H,28,30). The number of rotatable bonds is 6. The molecule has 0 spiro atoms. The first-order chi connectivity index (χ1) is 15.2. The second kappa shape index (κ2) is 10.8. The number of piperidine rings is 1. The first kappa shape index (κ1) is 24.1. The molecule has 32 heavy (non-hydrogen) atoms. The van der Waals surface area contributed by atoms with Crippen molar-refractivity contribution in [3.05, 3.63) is 58.4 Å². The third-order valence-electron chi connectivity index (χ3n) is 5.98. The minimum atomic E-state index is -0.340. The van der Waals surface area contributed by atoms with Gasteiger partial charge in [-0.3, -0.25) is 9.78 Å². The second-order valence-electron chi connectivity index (χ2n) is 8.95. The van der Waals surface area contributed by atoms with Crippen LogP contribution in [0.4, 0.5) is 4.79 Å². The first-order valence-electron chi connectivity index (χ1n) is 11.2. The maximum Gasteiger partial charge on any atom is 0.415 e. The predicted molar refractivity (Wildman–Crippen MR) is 126 cm³/mol. The van der Waals surface area contributed by atoms with Gasteiger partial charge in [-0.1, -0.05) is 25.4 Å². The summed E-state index contributed by atoms with van der Waals surface area (Å²) in [5, 5.41) is 3.84. The fourth-order valence-electron chi connectivity index (χ4n) is 4.20. The van der Waals surface area contributed by atoms with Crippen molar-refractivity contribution in [3.63, 3.8) is 0 Å². The first-order valence-corrected chi connectivity index (χ1v) is 11.6. The molecule has 1 N–H and O–H groups in total. The lowest BCUT2D eigenvalue weighted by atomic mass is 9.85. The molecule has 1 aromatic heterocycles. The Morgan fingerprint density at radius 3 is 2.41 bits per heavy atom. The summed E-state index contributed by atoms with van der Waals surface area (Å²) < 4.78 is 5.65. The average Bonchev–Trinajstić information content (AvgIpc) is 2.76. The number of hydrogen-bond donors (Lipinski definition) is 1. The molecule has 1 aliphatic rings. The predicted octanol–water partition coefficient (Wildman–Crippen LogP) is 5.41. The van der Waals surface area contributed by atoms with Gasteiger partial charge < -0.3 is 15.0 Å². The molecule has 2 heterocycles. The SMILES string of the molecule is Cc1ccnc(C)c1OC(=O)N1CCC(C(CC(C)C)NC(=O)c2ccc(Cl)cc2)CC1. The maximum absolute atomic E-state index is 12.8. The number of carbonyl (C=O) groups excluding carboxylic acids is 2. The monoisotopic (exact) mass is 457 g/mol. The van der Waals surface area contributed by atoms with Gasteiger partial charge in [-0.2, -0.15) is 0 Å². The molecule has 0 bridgehead atoms. The van der Waals surface area contributed by atoms with Crippen LogP contribution in [0.25, 0.3) is 0 Å². The highest BCUT2D eigenvalue weighted by molar-refractivity contribution is 6.30. The van der Waals surface area contributed by atoms with E-state index in [1.54, 1.807) is 35.4 Å². The Labute approximate surface area is 195 Å². The summed E-state index contributed by atoms with van der Waals surface area (Å²) in [4.78, 5) is 31.5. The Morgan fingerprint density at radius 2 is 1.81 bits per heavy atom. The Bertz CT molecular complexity index is 918. The molecule has 2 amide bonds. The lowest BCUT2D eigenvalue weighted by Gasteiger charge is -2.36. The van der Waals surface area contributed by atoms with Crippen molar-refractivity contribution in [1.82, 2.24) is 15.2 Å². The molecule has 1 aromatic carbocycles. The van der Waals surface area contributed by atoms with Gasteiger partial charge in [-0.05, 0) is 80.8 Å². The number of aromatic nitrogens is 1. The van der Waals surface area contributed by atoms with Gasteiger partial charge in [0, 0.05) is 35.9 Å². The van der Waals surface area contributed by atoms with Crippen LogP contribution in [0.2, 0.25) is 5.02 Å². The number of amides is 2. The third kappa shape index (κ3) is 6.22. The number of likely N-dealkylation sites (tertiary alicyclic amines) is 1. The molecule has 2 aromatic rings. The molecule has 1 unspecified atom stereocenters. The molecule has 1 fully saturated rings. The minimum Gasteiger partial charge on any atom is -0.408 e. The topological polar surface area (TPSA) is 71.5 Å². The van der Waals surface area contributed by atoms with Crippen LogP contribution < -0.4 is 10.1 Å². The minimum absolute atomic E-state index is 0.0548. The molecule has 0 aliphatic carbocycles. The molecular formula is C25H32ClN3O3. The molecule has 172 valence electrons. The van der Waals surface area contributed by atoms with E-state index in [1.165, 1.54) is 0 Å². The number of pyridine rings is 1. The lowest BCUT2D eigenvalue weighted by Crippen LogP contribution is -2.47. The number of carbonyl (C=O) groups is 2. The second-order valence-corrected chi connectivity index (χ2v) is 9.39. The summed E-state index contributed by atoms with van der Waals surface area (Å²) in [5.41, 5.74) is 2.20. The van der Waals surface area contributed by atoms with E-state index >= 15 is 0 Å². The molecule has 0 saturated carbocycles. The van der Waals surface area contributed by atoms with E-state index in [2.05, 4.69) is 24.1 Å². The molecule has 0 radical (unpaired) electrons. The number of halogens is 1. The Hall–Kier alpha value is -2.60. The molecular weight excluding hydrogens is 426 g/mol. The fourth-order valence-corrected chi connectivity index (χ4v) is 4.33. The summed E-state index contributed by atoms with van der Waals surface area (Å²) in [5.74, 6) is 1.20. The highest BCUT2D eigenvalue weighted by Crippen LogP contribution is 2.27. The van der Waals surface area contributed by atoms with Crippen molar-refractivity contribution < 1.29 is 14.3 Å². The van der Waals surface area contributed by atoms with Crippen molar-refractivity contribution in [3.8, 4) is 5.75 Å². The van der Waals surface area contributed by atoms with Crippen LogP contribution in [0.1, 0.15) is 54.7 Å². The summed E-state index contributed by atoms with van der Waals surface area (Å²) in [7, 11) is 0. The number of ether oxygens (including phenoxy) is 1. The van der Waals surface area contributed by atoms with Crippen LogP contribution in [-0.2, 0) is 0 Å². The van der Waals surface area contributed by atoms with E-state index in [1.807, 2.05) is 19.9 Å². The van der Waals surface area contributed by atoms with Crippen LogP contribution in [0, 0.1) is 25.7 Å². The van der Waals surface area contributed by atoms with Gasteiger partial charge in [-0.15, -0.1) is 0 Å². The van der Waals surface area contributed by atoms with Crippen LogP contribution >= 0.6 is 11.6 Å². The maximum atomic E-state index is 12.8. The number of aryl methyl sites for hydroxylation is 2. The van der Waals surface area contributed by atoms with E-state index in [9.17, 15) is 9.59 Å². The van der Waals surface area contributed by atoms with E-state index in [-0.39, 0.29) is 18.0 Å². The van der Waals surface area contributed by atoms with Crippen LogP contribution in [0.3, 0.4) is 0 Å². The molecule has 3 rings (SSSR count). The van der Waals surface area contributed by atoms with Gasteiger partial charge >= 0.3 is 6.09 Å². The number of hydrogen-bond acceptors (Lipinski definition) is 4. The van der Waals surface area contributed by atoms with Crippen LogP contribution in [0.5, 0.6) is 5.75 Å². The average molecular weight is 458 g/mol. The van der Waals surface area contributed by atoms with Crippen LogP contribution in [0.15, 0.2) is 36.5 Å². The largest absolute Gasteiger partial charge is 0.415 e. The summed E-state index contributed by atoms with van der Waals surface area (Å²) in [6.07, 6.45) is 3.90. The van der Waals surface area contributed by atoms with Crippen molar-refractivity contribution in [2.45, 2.75) is 53.0 Å². The highest BCUT2D eigenvalue weighted by Gasteiger charge is 2.31. The van der Waals surface area contributed by atoms with Crippen LogP contribution in [-0.4, -0.2) is 41.0 Å². The van der Waals surface area contributed by atoms with Crippen molar-refractivity contribution in [1.29, 1.82) is 0 Å². The zero-order valence-electron chi connectivity index (χ0n) is 19.2. The fraction of sp³-hybridized carbons (Fsp3) is 0.480. The molecule has 6 nitrogen and oxygen atoms in total. The highest BCUT2D eigenvalue weighted by atomic mass is 35.5. The molecule has 1 atom stereocenters. The van der Waals surface area contributed by atoms with E-state index in [0.717, 1.165) is 24.8 Å². The quantitative estimate of drug-likeness (QED) is 0.629. The van der Waals surface area contributed by atoms with Gasteiger partial charge in [0.1, 0.15) is 0 Å². The Morgan fingerprint density at radius 1 is 1.16 bits per heavy atom. The van der Waals surface area contributed by atoms with Gasteiger partial charge in [-0.25, -0.2) is 4.79 Å². The van der Waals surface area contributed by atoms with Gasteiger partial charge in [0.15, 0.2) is 5.75 Å². The number of benzene rings is 1. The summed E-state index contributed by atoms with van der Waals surface area (Å²) in [6, 6.07) is 8.82. The zero-order valence-corrected chi connectivity index (χ0v) is 20.0. The normalized spacial score (nSPS) is 15.5. The third-order valence-corrected chi connectivity index (χ3v) is 6.24. The van der Waals surface area contributed by atoms with E-state index in [0.29, 0.717) is 47.0 Å². The van der Waals surface area contributed by atoms with Gasteiger partial charge in [0.25, 0.3) is 5.91 Å². The molecule has 1 saturated heterocycles. The lowest BCUT2D eigenvalue weighted by molar-refractivity contribution is 0.0871. The Balaban J connectivity index is 1.60. The van der Waals surface area contributed by atoms with Crippen molar-refractivity contribution in [2.24, 2.45) is 11.8 Å². The Kier molecular flexibility index (Phi) is 8.13. The number of nitrogens with one attached hydrogen (secondary N) is 1. The molecule has 1 aliphatic heterocycles.